The molecule has 1 aliphatic heterocycles. The number of carbonyl (C=O) groups is 2. The summed E-state index contributed by atoms with van der Waals surface area (Å²) in [6.45, 7) is 1.10. The Hall–Kier alpha value is -3.83. The fourth-order valence-corrected chi connectivity index (χ4v) is 3.20. The Morgan fingerprint density at radius 3 is 2.35 bits per heavy atom. The lowest BCUT2D eigenvalue weighted by atomic mass is 9.92. The monoisotopic (exact) mass is 439 g/mol. The zero-order valence-electron chi connectivity index (χ0n) is 16.2. The molecule has 12 heteroatoms. The zero-order valence-corrected chi connectivity index (χ0v) is 16.2. The molecule has 1 saturated heterocycles. The van der Waals surface area contributed by atoms with Gasteiger partial charge in [0.2, 0.25) is 0 Å². The van der Waals surface area contributed by atoms with E-state index in [2.05, 4.69) is 10.1 Å². The van der Waals surface area contributed by atoms with Crippen molar-refractivity contribution in [2.24, 2.45) is 0 Å². The molecule has 3 rings (SSSR count). The van der Waals surface area contributed by atoms with Crippen molar-refractivity contribution in [3.63, 3.8) is 0 Å². The summed E-state index contributed by atoms with van der Waals surface area (Å²) in [6.07, 6.45) is -4.86. The van der Waals surface area contributed by atoms with Crippen LogP contribution in [0.25, 0.3) is 0 Å². The second-order valence-corrected chi connectivity index (χ2v) is 6.77. The molecule has 2 aromatic rings. The van der Waals surface area contributed by atoms with Gasteiger partial charge in [-0.25, -0.2) is 4.79 Å². The number of methoxy groups -OCH3 is 1. The maximum Gasteiger partial charge on any atom is 0.573 e. The Morgan fingerprint density at radius 1 is 1.16 bits per heavy atom. The number of alkyl halides is 3. The molecular formula is C19H16F3N3O6. The lowest BCUT2D eigenvalue weighted by Gasteiger charge is -2.23. The van der Waals surface area contributed by atoms with Crippen LogP contribution in [-0.2, 0) is 16.9 Å². The highest BCUT2D eigenvalue weighted by Crippen LogP contribution is 2.33. The van der Waals surface area contributed by atoms with E-state index in [0.717, 1.165) is 17.0 Å². The standard InChI is InChI=1S/C19H16F3N3O6/c1-18(12-3-6-14(7-4-12)31-19(20,21)22)16(26)24(17(27)23-18)10-11-9-13(25(28)29)5-8-15(11)30-2/h3-9H,10H2,1-2H3,(H,23,27). The van der Waals surface area contributed by atoms with Crippen LogP contribution < -0.4 is 14.8 Å². The molecular weight excluding hydrogens is 423 g/mol. The molecule has 1 atom stereocenters. The van der Waals surface area contributed by atoms with E-state index in [9.17, 15) is 32.9 Å². The van der Waals surface area contributed by atoms with Crippen molar-refractivity contribution in [2.75, 3.05) is 7.11 Å². The smallest absolute Gasteiger partial charge is 0.496 e. The number of nitrogens with one attached hydrogen (secondary N) is 1. The van der Waals surface area contributed by atoms with Gasteiger partial charge in [0.15, 0.2) is 0 Å². The highest BCUT2D eigenvalue weighted by molar-refractivity contribution is 6.07. The molecule has 2 aromatic carbocycles. The lowest BCUT2D eigenvalue weighted by molar-refractivity contribution is -0.385. The van der Waals surface area contributed by atoms with Crippen molar-refractivity contribution in [2.45, 2.75) is 25.4 Å². The van der Waals surface area contributed by atoms with E-state index < -0.39 is 34.5 Å². The van der Waals surface area contributed by atoms with Crippen LogP contribution in [0.3, 0.4) is 0 Å². The van der Waals surface area contributed by atoms with Gasteiger partial charge in [0.25, 0.3) is 11.6 Å². The summed E-state index contributed by atoms with van der Waals surface area (Å²) < 4.78 is 46.0. The number of imide groups is 1. The molecule has 3 amide bonds. The maximum absolute atomic E-state index is 13.0. The Morgan fingerprint density at radius 2 is 1.81 bits per heavy atom. The molecule has 0 spiro atoms. The third-order valence-corrected chi connectivity index (χ3v) is 4.74. The third-order valence-electron chi connectivity index (χ3n) is 4.74. The van der Waals surface area contributed by atoms with Crippen molar-refractivity contribution in [1.82, 2.24) is 10.2 Å². The number of halogens is 3. The van der Waals surface area contributed by atoms with Gasteiger partial charge >= 0.3 is 12.4 Å². The van der Waals surface area contributed by atoms with Gasteiger partial charge in [0, 0.05) is 17.7 Å². The predicted octanol–water partition coefficient (Wildman–Crippen LogP) is 3.47. The molecule has 1 unspecified atom stereocenters. The first-order valence-corrected chi connectivity index (χ1v) is 8.76. The summed E-state index contributed by atoms with van der Waals surface area (Å²) >= 11 is 0. The SMILES string of the molecule is COc1ccc([N+](=O)[O-])cc1CN1C(=O)NC(C)(c2ccc(OC(F)(F)F)cc2)C1=O. The highest BCUT2D eigenvalue weighted by atomic mass is 19.4. The first-order valence-electron chi connectivity index (χ1n) is 8.76. The first kappa shape index (κ1) is 21.9. The minimum atomic E-state index is -4.86. The van der Waals surface area contributed by atoms with Gasteiger partial charge < -0.3 is 14.8 Å². The largest absolute Gasteiger partial charge is 0.573 e. The fourth-order valence-electron chi connectivity index (χ4n) is 3.20. The summed E-state index contributed by atoms with van der Waals surface area (Å²) in [4.78, 5) is 36.8. The molecule has 0 aliphatic carbocycles. The Balaban J connectivity index is 1.87. The molecule has 0 bridgehead atoms. The number of urea groups is 1. The van der Waals surface area contributed by atoms with Gasteiger partial charge in [-0.05, 0) is 30.7 Å². The number of amides is 3. The summed E-state index contributed by atoms with van der Waals surface area (Å²) in [5.41, 5.74) is -1.33. The lowest BCUT2D eigenvalue weighted by Crippen LogP contribution is -2.40. The number of rotatable bonds is 6. The normalized spacial score (nSPS) is 18.7. The molecule has 0 saturated carbocycles. The highest BCUT2D eigenvalue weighted by Gasteiger charge is 2.49. The Kier molecular flexibility index (Phi) is 5.49. The van der Waals surface area contributed by atoms with Crippen LogP contribution in [0.15, 0.2) is 42.5 Å². The van der Waals surface area contributed by atoms with Gasteiger partial charge in [-0.15, -0.1) is 13.2 Å². The number of carbonyl (C=O) groups excluding carboxylic acids is 2. The molecule has 1 N–H and O–H groups in total. The second kappa shape index (κ2) is 7.78. The number of nitrogens with zero attached hydrogens (tertiary/aromatic N) is 2. The van der Waals surface area contributed by atoms with Gasteiger partial charge in [-0.3, -0.25) is 19.8 Å². The molecule has 164 valence electrons. The molecule has 0 radical (unpaired) electrons. The number of non-ortho nitro benzene ring substituents is 1. The second-order valence-electron chi connectivity index (χ2n) is 6.77. The molecule has 1 heterocycles. The zero-order chi connectivity index (χ0) is 23.0. The molecule has 1 aliphatic rings. The van der Waals surface area contributed by atoms with Crippen LogP contribution in [-0.4, -0.2) is 35.2 Å². The van der Waals surface area contributed by atoms with Crippen LogP contribution in [0.2, 0.25) is 0 Å². The third kappa shape index (κ3) is 4.37. The number of nitro groups is 1. The van der Waals surface area contributed by atoms with Gasteiger partial charge in [0.05, 0.1) is 18.6 Å². The number of hydrogen-bond donors (Lipinski definition) is 1. The van der Waals surface area contributed by atoms with Gasteiger partial charge in [0.1, 0.15) is 17.0 Å². The van der Waals surface area contributed by atoms with Crippen LogP contribution in [0, 0.1) is 10.1 Å². The van der Waals surface area contributed by atoms with Crippen molar-refractivity contribution >= 4 is 17.6 Å². The molecule has 31 heavy (non-hydrogen) atoms. The van der Waals surface area contributed by atoms with Crippen LogP contribution in [0.4, 0.5) is 23.7 Å². The average molecular weight is 439 g/mol. The predicted molar refractivity (Wildman–Crippen MR) is 99.2 cm³/mol. The van der Waals surface area contributed by atoms with Crippen molar-refractivity contribution < 1.29 is 37.2 Å². The van der Waals surface area contributed by atoms with E-state index in [1.54, 1.807) is 0 Å². The quantitative estimate of drug-likeness (QED) is 0.419. The van der Waals surface area contributed by atoms with Crippen molar-refractivity contribution in [1.29, 1.82) is 0 Å². The topological polar surface area (TPSA) is 111 Å². The van der Waals surface area contributed by atoms with Crippen LogP contribution in [0.1, 0.15) is 18.1 Å². The Bertz CT molecular complexity index is 1040. The summed E-state index contributed by atoms with van der Waals surface area (Å²) in [7, 11) is 1.34. The van der Waals surface area contributed by atoms with Gasteiger partial charge in [-0.2, -0.15) is 0 Å². The number of benzene rings is 2. The molecule has 9 nitrogen and oxygen atoms in total. The minimum Gasteiger partial charge on any atom is -0.496 e. The van der Waals surface area contributed by atoms with Gasteiger partial charge in [-0.1, -0.05) is 12.1 Å². The van der Waals surface area contributed by atoms with Crippen molar-refractivity contribution in [3.05, 3.63) is 63.7 Å². The van der Waals surface area contributed by atoms with Crippen molar-refractivity contribution in [3.8, 4) is 11.5 Å². The summed E-state index contributed by atoms with van der Waals surface area (Å²) in [5, 5.41) is 13.6. The van der Waals surface area contributed by atoms with Crippen LogP contribution in [0.5, 0.6) is 11.5 Å². The maximum atomic E-state index is 13.0. The molecule has 1 fully saturated rings. The number of nitro benzene ring substituents is 1. The van der Waals surface area contributed by atoms with E-state index in [-0.39, 0.29) is 29.1 Å². The van der Waals surface area contributed by atoms with E-state index in [1.807, 2.05) is 0 Å². The molecule has 0 aromatic heterocycles. The van der Waals surface area contributed by atoms with Crippen LogP contribution >= 0.6 is 0 Å². The average Bonchev–Trinajstić information content (AvgIpc) is 2.91. The number of ether oxygens (including phenoxy) is 2. The fraction of sp³-hybridized carbons (Fsp3) is 0.263. The first-order chi connectivity index (χ1) is 14.4. The summed E-state index contributed by atoms with van der Waals surface area (Å²) in [5.74, 6) is -0.918. The van der Waals surface area contributed by atoms with E-state index in [4.69, 9.17) is 4.74 Å². The minimum absolute atomic E-state index is 0.230. The Labute approximate surface area is 173 Å². The van der Waals surface area contributed by atoms with E-state index >= 15 is 0 Å². The van der Waals surface area contributed by atoms with E-state index in [0.29, 0.717) is 0 Å². The van der Waals surface area contributed by atoms with E-state index in [1.165, 1.54) is 44.4 Å². The summed E-state index contributed by atoms with van der Waals surface area (Å²) in [6, 6.07) is 7.52. The number of hydrogen-bond acceptors (Lipinski definition) is 6.